The van der Waals surface area contributed by atoms with E-state index in [1.807, 2.05) is 31.2 Å². The first kappa shape index (κ1) is 25.2. The average Bonchev–Trinajstić information content (AvgIpc) is 3.14. The maximum absolute atomic E-state index is 12.1. The van der Waals surface area contributed by atoms with E-state index in [0.717, 1.165) is 24.0 Å². The van der Waals surface area contributed by atoms with Gasteiger partial charge in [-0.3, -0.25) is 9.59 Å². The van der Waals surface area contributed by atoms with E-state index in [1.165, 1.54) is 11.1 Å². The van der Waals surface area contributed by atoms with Crippen molar-refractivity contribution in [2.75, 3.05) is 26.4 Å². The van der Waals surface area contributed by atoms with Crippen LogP contribution in [-0.4, -0.2) is 55.5 Å². The number of alkyl carbamates (subject to hydrolysis) is 1. The number of carboxylic acids is 1. The van der Waals surface area contributed by atoms with Gasteiger partial charge in [-0.05, 0) is 28.7 Å². The second-order valence-electron chi connectivity index (χ2n) is 8.31. The van der Waals surface area contributed by atoms with E-state index in [1.54, 1.807) is 0 Å². The molecule has 0 radical (unpaired) electrons. The van der Waals surface area contributed by atoms with E-state index in [9.17, 15) is 14.4 Å². The van der Waals surface area contributed by atoms with Crippen molar-refractivity contribution >= 4 is 18.0 Å². The van der Waals surface area contributed by atoms with E-state index in [0.29, 0.717) is 6.42 Å². The summed E-state index contributed by atoms with van der Waals surface area (Å²) in [6.45, 7) is 2.36. The molecular weight excluding hydrogens is 436 g/mol. The molecule has 3 N–H and O–H groups in total. The van der Waals surface area contributed by atoms with Crippen LogP contribution in [0.2, 0.25) is 0 Å². The zero-order chi connectivity index (χ0) is 24.3. The van der Waals surface area contributed by atoms with Crippen LogP contribution in [-0.2, 0) is 19.1 Å². The highest BCUT2D eigenvalue weighted by Crippen LogP contribution is 2.44. The Morgan fingerprint density at radius 3 is 2.29 bits per heavy atom. The highest BCUT2D eigenvalue weighted by Gasteiger charge is 2.28. The van der Waals surface area contributed by atoms with E-state index in [4.69, 9.17) is 14.6 Å². The van der Waals surface area contributed by atoms with Gasteiger partial charge in [-0.15, -0.1) is 0 Å². The molecule has 3 rings (SSSR count). The smallest absolute Gasteiger partial charge is 0.407 e. The molecule has 8 nitrogen and oxygen atoms in total. The summed E-state index contributed by atoms with van der Waals surface area (Å²) in [5.41, 5.74) is 4.62. The zero-order valence-electron chi connectivity index (χ0n) is 19.4. The highest BCUT2D eigenvalue weighted by atomic mass is 16.5. The molecule has 0 saturated heterocycles. The van der Waals surface area contributed by atoms with Gasteiger partial charge < -0.3 is 25.2 Å². The fraction of sp³-hybridized carbons (Fsp3) is 0.423. The molecule has 182 valence electrons. The highest BCUT2D eigenvalue weighted by molar-refractivity contribution is 5.79. The second-order valence-corrected chi connectivity index (χ2v) is 8.31. The number of amides is 2. The van der Waals surface area contributed by atoms with Gasteiger partial charge >= 0.3 is 12.1 Å². The van der Waals surface area contributed by atoms with Crippen molar-refractivity contribution in [3.05, 3.63) is 59.7 Å². The molecular formula is C26H32N2O6. The number of ether oxygens (including phenoxy) is 2. The first-order valence-electron chi connectivity index (χ1n) is 11.7. The summed E-state index contributed by atoms with van der Waals surface area (Å²) in [4.78, 5) is 35.1. The molecule has 0 aromatic heterocycles. The SMILES string of the molecule is CCCC[C@H](CC(=O)O)NC(=O)COCCNC(=O)OCC1c2ccccc2-c2ccccc21. The van der Waals surface area contributed by atoms with Crippen molar-refractivity contribution in [3.63, 3.8) is 0 Å². The van der Waals surface area contributed by atoms with Crippen LogP contribution in [0.1, 0.15) is 49.7 Å². The first-order chi connectivity index (χ1) is 16.5. The van der Waals surface area contributed by atoms with E-state index in [2.05, 4.69) is 34.9 Å². The molecule has 0 spiro atoms. The molecule has 1 atom stereocenters. The van der Waals surface area contributed by atoms with Crippen LogP contribution in [0.4, 0.5) is 4.79 Å². The number of rotatable bonds is 13. The molecule has 0 fully saturated rings. The Labute approximate surface area is 199 Å². The summed E-state index contributed by atoms with van der Waals surface area (Å²) in [6, 6.07) is 15.8. The van der Waals surface area contributed by atoms with Gasteiger partial charge in [0.1, 0.15) is 13.2 Å². The fourth-order valence-corrected chi connectivity index (χ4v) is 4.20. The predicted octanol–water partition coefficient (Wildman–Crippen LogP) is 3.69. The third-order valence-electron chi connectivity index (χ3n) is 5.78. The minimum Gasteiger partial charge on any atom is -0.481 e. The summed E-state index contributed by atoms with van der Waals surface area (Å²) >= 11 is 0. The monoisotopic (exact) mass is 468 g/mol. The summed E-state index contributed by atoms with van der Waals surface area (Å²) in [7, 11) is 0. The lowest BCUT2D eigenvalue weighted by atomic mass is 9.98. The van der Waals surface area contributed by atoms with Crippen molar-refractivity contribution in [2.45, 2.75) is 44.6 Å². The molecule has 0 heterocycles. The Hall–Kier alpha value is -3.39. The lowest BCUT2D eigenvalue weighted by molar-refractivity contribution is -0.138. The minimum absolute atomic E-state index is 0.00967. The molecule has 1 aliphatic carbocycles. The molecule has 0 unspecified atom stereocenters. The van der Waals surface area contributed by atoms with Gasteiger partial charge in [0.15, 0.2) is 0 Å². The van der Waals surface area contributed by atoms with Crippen LogP contribution in [0, 0.1) is 0 Å². The molecule has 2 aromatic carbocycles. The van der Waals surface area contributed by atoms with Crippen molar-refractivity contribution in [3.8, 4) is 11.1 Å². The molecule has 2 amide bonds. The normalized spacial score (nSPS) is 13.0. The molecule has 2 aromatic rings. The largest absolute Gasteiger partial charge is 0.481 e. The maximum Gasteiger partial charge on any atom is 0.407 e. The Bertz CT molecular complexity index is 947. The van der Waals surface area contributed by atoms with Gasteiger partial charge in [-0.1, -0.05) is 68.3 Å². The van der Waals surface area contributed by atoms with Crippen molar-refractivity contribution in [1.82, 2.24) is 10.6 Å². The summed E-state index contributed by atoms with van der Waals surface area (Å²) in [6.07, 6.45) is 1.70. The molecule has 0 saturated carbocycles. The number of fused-ring (bicyclic) bond motifs is 3. The molecule has 0 bridgehead atoms. The minimum atomic E-state index is -0.949. The van der Waals surface area contributed by atoms with Crippen LogP contribution >= 0.6 is 0 Å². The summed E-state index contributed by atoms with van der Waals surface area (Å²) in [5, 5.41) is 14.3. The second kappa shape index (κ2) is 12.7. The number of carboxylic acid groups (broad SMARTS) is 1. The number of aliphatic carboxylic acids is 1. The van der Waals surface area contributed by atoms with Gasteiger partial charge in [0.25, 0.3) is 0 Å². The predicted molar refractivity (Wildman–Crippen MR) is 128 cm³/mol. The summed E-state index contributed by atoms with van der Waals surface area (Å²) in [5.74, 6) is -1.33. The summed E-state index contributed by atoms with van der Waals surface area (Å²) < 4.78 is 10.8. The van der Waals surface area contributed by atoms with E-state index < -0.39 is 18.1 Å². The van der Waals surface area contributed by atoms with E-state index in [-0.39, 0.29) is 44.6 Å². The third-order valence-corrected chi connectivity index (χ3v) is 5.78. The number of nitrogens with one attached hydrogen (secondary N) is 2. The Morgan fingerprint density at radius 1 is 1.03 bits per heavy atom. The van der Waals surface area contributed by atoms with Crippen molar-refractivity contribution < 1.29 is 29.0 Å². The van der Waals surface area contributed by atoms with Gasteiger partial charge in [0.2, 0.25) is 5.91 Å². The number of hydrogen-bond donors (Lipinski definition) is 3. The van der Waals surface area contributed by atoms with Crippen LogP contribution in [0.5, 0.6) is 0 Å². The molecule has 34 heavy (non-hydrogen) atoms. The lowest BCUT2D eigenvalue weighted by Crippen LogP contribution is -2.39. The van der Waals surface area contributed by atoms with Crippen LogP contribution in [0.3, 0.4) is 0 Å². The number of benzene rings is 2. The van der Waals surface area contributed by atoms with Crippen LogP contribution < -0.4 is 10.6 Å². The number of carbonyl (C=O) groups excluding carboxylic acids is 2. The standard InChI is InChI=1S/C26H32N2O6/c1-2-3-8-18(15-25(30)31)28-24(29)17-33-14-13-27-26(32)34-16-23-21-11-6-4-9-19(21)20-10-5-7-12-22(20)23/h4-7,9-12,18,23H,2-3,8,13-17H2,1H3,(H,27,32)(H,28,29)(H,30,31)/t18-/m1/s1. The number of hydrogen-bond acceptors (Lipinski definition) is 5. The Kier molecular flexibility index (Phi) is 9.46. The Morgan fingerprint density at radius 2 is 1.68 bits per heavy atom. The topological polar surface area (TPSA) is 114 Å². The van der Waals surface area contributed by atoms with Gasteiger partial charge in [0.05, 0.1) is 13.0 Å². The maximum atomic E-state index is 12.1. The number of unbranched alkanes of at least 4 members (excludes halogenated alkanes) is 1. The quantitative estimate of drug-likeness (QED) is 0.386. The third kappa shape index (κ3) is 7.05. The average molecular weight is 469 g/mol. The van der Waals surface area contributed by atoms with Gasteiger partial charge in [-0.2, -0.15) is 0 Å². The van der Waals surface area contributed by atoms with Crippen molar-refractivity contribution in [1.29, 1.82) is 0 Å². The zero-order valence-corrected chi connectivity index (χ0v) is 19.4. The number of carbonyl (C=O) groups is 3. The van der Waals surface area contributed by atoms with Crippen LogP contribution in [0.15, 0.2) is 48.5 Å². The van der Waals surface area contributed by atoms with Crippen LogP contribution in [0.25, 0.3) is 11.1 Å². The lowest BCUT2D eigenvalue weighted by Gasteiger charge is -2.17. The first-order valence-corrected chi connectivity index (χ1v) is 11.7. The van der Waals surface area contributed by atoms with Gasteiger partial charge in [0, 0.05) is 18.5 Å². The Balaban J connectivity index is 1.35. The molecule has 1 aliphatic rings. The van der Waals surface area contributed by atoms with Gasteiger partial charge in [-0.25, -0.2) is 4.79 Å². The molecule has 8 heteroatoms. The molecule has 0 aliphatic heterocycles. The van der Waals surface area contributed by atoms with E-state index >= 15 is 0 Å². The van der Waals surface area contributed by atoms with Crippen molar-refractivity contribution in [2.24, 2.45) is 0 Å². The fourth-order valence-electron chi connectivity index (χ4n) is 4.20.